The van der Waals surface area contributed by atoms with Crippen molar-refractivity contribution in [2.75, 3.05) is 11.9 Å². The zero-order chi connectivity index (χ0) is 13.1. The quantitative estimate of drug-likeness (QED) is 0.782. The van der Waals surface area contributed by atoms with Crippen LogP contribution >= 0.6 is 15.9 Å². The van der Waals surface area contributed by atoms with E-state index in [0.717, 1.165) is 4.47 Å². The second kappa shape index (κ2) is 5.51. The summed E-state index contributed by atoms with van der Waals surface area (Å²) in [6.07, 6.45) is 0.540. The zero-order valence-corrected chi connectivity index (χ0v) is 11.4. The molecule has 1 aromatic rings. The number of halogens is 1. The predicted molar refractivity (Wildman–Crippen MR) is 70.5 cm³/mol. The van der Waals surface area contributed by atoms with Gasteiger partial charge in [-0.25, -0.2) is 4.79 Å². The summed E-state index contributed by atoms with van der Waals surface area (Å²) in [6.45, 7) is 3.88. The highest BCUT2D eigenvalue weighted by molar-refractivity contribution is 9.10. The fraction of sp³-hybridized carbons (Fsp3) is 0.417. The Hall–Kier alpha value is -1.07. The van der Waals surface area contributed by atoms with Crippen molar-refractivity contribution in [1.29, 1.82) is 0 Å². The number of rotatable bonds is 5. The van der Waals surface area contributed by atoms with E-state index in [0.29, 0.717) is 12.1 Å². The molecule has 0 aliphatic carbocycles. The van der Waals surface area contributed by atoms with Gasteiger partial charge in [0.25, 0.3) is 0 Å². The Balaban J connectivity index is 3.04. The zero-order valence-electron chi connectivity index (χ0n) is 9.83. The molecule has 0 aliphatic rings. The van der Waals surface area contributed by atoms with Crippen LogP contribution in [0.2, 0.25) is 0 Å². The van der Waals surface area contributed by atoms with Crippen molar-refractivity contribution in [3.63, 3.8) is 0 Å². The van der Waals surface area contributed by atoms with E-state index in [4.69, 9.17) is 10.2 Å². The van der Waals surface area contributed by atoms with Gasteiger partial charge in [-0.15, -0.1) is 0 Å². The molecule has 5 heteroatoms. The van der Waals surface area contributed by atoms with Gasteiger partial charge in [-0.1, -0.05) is 15.9 Å². The third kappa shape index (κ3) is 4.02. The Bertz CT molecular complexity index is 418. The number of carboxylic acid groups (broad SMARTS) is 1. The van der Waals surface area contributed by atoms with Crippen LogP contribution in [0.3, 0.4) is 0 Å². The standard InChI is InChI=1S/C12H16BrNO3/c1-12(2,5-6-15)14-10-7-8(13)3-4-9(10)11(16)17/h3-4,7,14-15H,5-6H2,1-2H3,(H,16,17). The van der Waals surface area contributed by atoms with Crippen molar-refractivity contribution in [3.8, 4) is 0 Å². The molecule has 0 heterocycles. The molecule has 1 aromatic carbocycles. The minimum Gasteiger partial charge on any atom is -0.478 e. The van der Waals surface area contributed by atoms with E-state index in [9.17, 15) is 4.79 Å². The smallest absolute Gasteiger partial charge is 0.337 e. The Morgan fingerprint density at radius 1 is 1.47 bits per heavy atom. The number of hydrogen-bond donors (Lipinski definition) is 3. The average Bonchev–Trinajstić information content (AvgIpc) is 2.15. The molecule has 17 heavy (non-hydrogen) atoms. The Morgan fingerprint density at radius 3 is 2.65 bits per heavy atom. The number of carbonyl (C=O) groups is 1. The van der Waals surface area contributed by atoms with Gasteiger partial charge in [0.2, 0.25) is 0 Å². The maximum absolute atomic E-state index is 11.1. The highest BCUT2D eigenvalue weighted by Crippen LogP contribution is 2.25. The predicted octanol–water partition coefficient (Wildman–Crippen LogP) is 2.72. The molecule has 1 rings (SSSR count). The maximum atomic E-state index is 11.1. The van der Waals surface area contributed by atoms with Gasteiger partial charge in [0, 0.05) is 16.6 Å². The summed E-state index contributed by atoms with van der Waals surface area (Å²) in [7, 11) is 0. The fourth-order valence-electron chi connectivity index (χ4n) is 1.51. The number of nitrogens with one attached hydrogen (secondary N) is 1. The Labute approximate surface area is 109 Å². The van der Waals surface area contributed by atoms with Gasteiger partial charge in [0.1, 0.15) is 0 Å². The summed E-state index contributed by atoms with van der Waals surface area (Å²) in [5, 5.41) is 21.2. The number of aliphatic hydroxyl groups is 1. The van der Waals surface area contributed by atoms with Crippen LogP contribution in [0.5, 0.6) is 0 Å². The van der Waals surface area contributed by atoms with Crippen LogP contribution in [0, 0.1) is 0 Å². The molecule has 3 N–H and O–H groups in total. The van der Waals surface area contributed by atoms with Gasteiger partial charge in [-0.3, -0.25) is 0 Å². The Kier molecular flexibility index (Phi) is 4.54. The number of benzene rings is 1. The average molecular weight is 302 g/mol. The minimum atomic E-state index is -0.972. The van der Waals surface area contributed by atoms with Crippen molar-refractivity contribution < 1.29 is 15.0 Å². The topological polar surface area (TPSA) is 69.6 Å². The van der Waals surface area contributed by atoms with Crippen LogP contribution in [-0.2, 0) is 0 Å². The van der Waals surface area contributed by atoms with E-state index < -0.39 is 5.97 Å². The summed E-state index contributed by atoms with van der Waals surface area (Å²) in [5.41, 5.74) is 0.407. The van der Waals surface area contributed by atoms with Gasteiger partial charge in [0.15, 0.2) is 0 Å². The maximum Gasteiger partial charge on any atom is 0.337 e. The van der Waals surface area contributed by atoms with E-state index in [2.05, 4.69) is 21.2 Å². The minimum absolute atomic E-state index is 0.0520. The SMILES string of the molecule is CC(C)(CCO)Nc1cc(Br)ccc1C(=O)O. The number of hydrogen-bond acceptors (Lipinski definition) is 3. The highest BCUT2D eigenvalue weighted by atomic mass is 79.9. The molecular weight excluding hydrogens is 286 g/mol. The summed E-state index contributed by atoms with van der Waals surface area (Å²) < 4.78 is 0.810. The van der Waals surface area contributed by atoms with Crippen LogP contribution in [0.4, 0.5) is 5.69 Å². The molecule has 0 bridgehead atoms. The molecule has 0 fully saturated rings. The van der Waals surface area contributed by atoms with E-state index in [1.807, 2.05) is 13.8 Å². The fourth-order valence-corrected chi connectivity index (χ4v) is 1.87. The first kappa shape index (κ1) is 14.0. The highest BCUT2D eigenvalue weighted by Gasteiger charge is 2.20. The first-order valence-corrected chi connectivity index (χ1v) is 6.07. The van der Waals surface area contributed by atoms with Gasteiger partial charge in [0.05, 0.1) is 11.3 Å². The number of anilines is 1. The van der Waals surface area contributed by atoms with Gasteiger partial charge >= 0.3 is 5.97 Å². The normalized spacial score (nSPS) is 11.3. The van der Waals surface area contributed by atoms with Gasteiger partial charge in [-0.05, 0) is 38.5 Å². The Morgan fingerprint density at radius 2 is 2.12 bits per heavy atom. The molecule has 0 saturated carbocycles. The molecule has 0 radical (unpaired) electrons. The van der Waals surface area contributed by atoms with E-state index >= 15 is 0 Å². The molecule has 0 aliphatic heterocycles. The number of aliphatic hydroxyl groups excluding tert-OH is 1. The molecule has 0 spiro atoms. The third-order valence-electron chi connectivity index (χ3n) is 2.42. The van der Waals surface area contributed by atoms with Crippen molar-refractivity contribution in [2.45, 2.75) is 25.8 Å². The first-order valence-electron chi connectivity index (χ1n) is 5.27. The van der Waals surface area contributed by atoms with Crippen molar-refractivity contribution in [2.24, 2.45) is 0 Å². The lowest BCUT2D eigenvalue weighted by Crippen LogP contribution is -2.32. The van der Waals surface area contributed by atoms with Gasteiger partial charge < -0.3 is 15.5 Å². The van der Waals surface area contributed by atoms with Crippen molar-refractivity contribution >= 4 is 27.6 Å². The molecule has 0 amide bonds. The monoisotopic (exact) mass is 301 g/mol. The van der Waals surface area contributed by atoms with Crippen LogP contribution in [0.25, 0.3) is 0 Å². The third-order valence-corrected chi connectivity index (χ3v) is 2.92. The van der Waals surface area contributed by atoms with E-state index in [-0.39, 0.29) is 17.7 Å². The molecular formula is C12H16BrNO3. The number of carboxylic acids is 1. The summed E-state index contributed by atoms with van der Waals surface area (Å²) in [6, 6.07) is 4.96. The van der Waals surface area contributed by atoms with E-state index in [1.165, 1.54) is 0 Å². The number of aromatic carboxylic acids is 1. The lowest BCUT2D eigenvalue weighted by atomic mass is 10.00. The lowest BCUT2D eigenvalue weighted by Gasteiger charge is -2.27. The molecule has 0 saturated heterocycles. The largest absolute Gasteiger partial charge is 0.478 e. The van der Waals surface area contributed by atoms with Crippen LogP contribution in [0.1, 0.15) is 30.6 Å². The van der Waals surface area contributed by atoms with E-state index in [1.54, 1.807) is 18.2 Å². The van der Waals surface area contributed by atoms with Crippen molar-refractivity contribution in [1.82, 2.24) is 0 Å². The molecule has 4 nitrogen and oxygen atoms in total. The summed E-state index contributed by atoms with van der Waals surface area (Å²) in [4.78, 5) is 11.1. The molecule has 0 unspecified atom stereocenters. The van der Waals surface area contributed by atoms with Crippen LogP contribution in [0.15, 0.2) is 22.7 Å². The second-order valence-corrected chi connectivity index (χ2v) is 5.39. The van der Waals surface area contributed by atoms with Crippen molar-refractivity contribution in [3.05, 3.63) is 28.2 Å². The molecule has 94 valence electrons. The first-order chi connectivity index (χ1) is 7.85. The second-order valence-electron chi connectivity index (χ2n) is 4.48. The van der Waals surface area contributed by atoms with Crippen LogP contribution < -0.4 is 5.32 Å². The lowest BCUT2D eigenvalue weighted by molar-refractivity contribution is 0.0698. The van der Waals surface area contributed by atoms with Crippen LogP contribution in [-0.4, -0.2) is 28.3 Å². The summed E-state index contributed by atoms with van der Waals surface area (Å²) >= 11 is 3.31. The molecule has 0 atom stereocenters. The summed E-state index contributed by atoms with van der Waals surface area (Å²) in [5.74, 6) is -0.972. The molecule has 0 aromatic heterocycles. The van der Waals surface area contributed by atoms with Gasteiger partial charge in [-0.2, -0.15) is 0 Å².